The average molecular weight is 321 g/mol. The van der Waals surface area contributed by atoms with Gasteiger partial charge in [0, 0.05) is 17.1 Å². The highest BCUT2D eigenvalue weighted by Gasteiger charge is 2.34. The summed E-state index contributed by atoms with van der Waals surface area (Å²) in [4.78, 5) is 0. The Kier molecular flexibility index (Phi) is 5.78. The Hall–Kier alpha value is -0.920. The van der Waals surface area contributed by atoms with E-state index in [1.165, 1.54) is 12.1 Å². The van der Waals surface area contributed by atoms with Crippen molar-refractivity contribution in [3.05, 3.63) is 29.8 Å². The molecule has 2 rings (SSSR count). The monoisotopic (exact) mass is 321 g/mol. The molecule has 0 bridgehead atoms. The van der Waals surface area contributed by atoms with Crippen molar-refractivity contribution >= 4 is 11.8 Å². The standard InChI is InChI=1S/C14H18F3NO2S/c1-2-18-13(12-9-21-8-7-19-12)10-5-3-4-6-11(10)20-14(15,16)17/h3-6,12-13,18H,2,7-9H2,1H3. The molecule has 1 aliphatic heterocycles. The van der Waals surface area contributed by atoms with Crippen molar-refractivity contribution in [2.45, 2.75) is 25.4 Å². The van der Waals surface area contributed by atoms with E-state index >= 15 is 0 Å². The van der Waals surface area contributed by atoms with E-state index in [1.54, 1.807) is 23.9 Å². The number of hydrogen-bond acceptors (Lipinski definition) is 4. The molecule has 1 aromatic rings. The lowest BCUT2D eigenvalue weighted by Gasteiger charge is -2.32. The minimum Gasteiger partial charge on any atom is -0.405 e. The van der Waals surface area contributed by atoms with Gasteiger partial charge in [0.25, 0.3) is 0 Å². The summed E-state index contributed by atoms with van der Waals surface area (Å²) >= 11 is 1.74. The van der Waals surface area contributed by atoms with Crippen LogP contribution in [-0.2, 0) is 4.74 Å². The van der Waals surface area contributed by atoms with Crippen molar-refractivity contribution in [1.29, 1.82) is 0 Å². The fourth-order valence-electron chi connectivity index (χ4n) is 2.32. The first-order valence-electron chi connectivity index (χ1n) is 6.78. The Morgan fingerprint density at radius 2 is 2.19 bits per heavy atom. The number of hydrogen-bond donors (Lipinski definition) is 1. The number of halogens is 3. The van der Waals surface area contributed by atoms with E-state index in [9.17, 15) is 13.2 Å². The first-order chi connectivity index (χ1) is 10.0. The molecular formula is C14H18F3NO2S. The summed E-state index contributed by atoms with van der Waals surface area (Å²) in [7, 11) is 0. The third-order valence-corrected chi connectivity index (χ3v) is 4.14. The number of thioether (sulfide) groups is 1. The smallest absolute Gasteiger partial charge is 0.405 e. The lowest BCUT2D eigenvalue weighted by molar-refractivity contribution is -0.275. The Balaban J connectivity index is 2.26. The van der Waals surface area contributed by atoms with E-state index in [0.717, 1.165) is 11.5 Å². The fourth-order valence-corrected chi connectivity index (χ4v) is 3.22. The third kappa shape index (κ3) is 4.79. The van der Waals surface area contributed by atoms with Gasteiger partial charge in [0.15, 0.2) is 0 Å². The van der Waals surface area contributed by atoms with Crippen LogP contribution in [0.4, 0.5) is 13.2 Å². The average Bonchev–Trinajstić information content (AvgIpc) is 2.45. The second-order valence-electron chi connectivity index (χ2n) is 4.61. The molecule has 21 heavy (non-hydrogen) atoms. The van der Waals surface area contributed by atoms with E-state index in [4.69, 9.17) is 4.74 Å². The highest BCUT2D eigenvalue weighted by atomic mass is 32.2. The molecule has 1 aliphatic rings. The van der Waals surface area contributed by atoms with Crippen LogP contribution >= 0.6 is 11.8 Å². The second-order valence-corrected chi connectivity index (χ2v) is 5.75. The number of rotatable bonds is 5. The molecule has 1 fully saturated rings. The van der Waals surface area contributed by atoms with Gasteiger partial charge < -0.3 is 14.8 Å². The van der Waals surface area contributed by atoms with Crippen LogP contribution in [0.15, 0.2) is 24.3 Å². The van der Waals surface area contributed by atoms with Crippen LogP contribution in [0, 0.1) is 0 Å². The number of nitrogens with one attached hydrogen (secondary N) is 1. The van der Waals surface area contributed by atoms with Crippen molar-refractivity contribution in [2.75, 3.05) is 24.7 Å². The molecule has 0 aliphatic carbocycles. The number of likely N-dealkylation sites (N-methyl/N-ethyl adjacent to an activating group) is 1. The van der Waals surface area contributed by atoms with Gasteiger partial charge in [-0.25, -0.2) is 0 Å². The minimum atomic E-state index is -4.70. The first-order valence-corrected chi connectivity index (χ1v) is 7.94. The predicted octanol–water partition coefficient (Wildman–Crippen LogP) is 3.37. The maximum atomic E-state index is 12.5. The van der Waals surface area contributed by atoms with Gasteiger partial charge in [-0.15, -0.1) is 13.2 Å². The van der Waals surface area contributed by atoms with Crippen LogP contribution in [0.5, 0.6) is 5.75 Å². The van der Waals surface area contributed by atoms with Crippen molar-refractivity contribution < 1.29 is 22.6 Å². The van der Waals surface area contributed by atoms with Crippen LogP contribution in [-0.4, -0.2) is 37.1 Å². The van der Waals surface area contributed by atoms with Gasteiger partial charge in [-0.05, 0) is 12.6 Å². The van der Waals surface area contributed by atoms with Crippen LogP contribution in [0.25, 0.3) is 0 Å². The molecular weight excluding hydrogens is 303 g/mol. The number of benzene rings is 1. The summed E-state index contributed by atoms with van der Waals surface area (Å²) in [5.74, 6) is 1.49. The Labute approximate surface area is 126 Å². The Morgan fingerprint density at radius 1 is 1.43 bits per heavy atom. The minimum absolute atomic E-state index is 0.165. The molecule has 0 radical (unpaired) electrons. The molecule has 0 amide bonds. The molecule has 0 spiro atoms. The van der Waals surface area contributed by atoms with Crippen LogP contribution in [0.3, 0.4) is 0 Å². The lowest BCUT2D eigenvalue weighted by atomic mass is 10.0. The van der Waals surface area contributed by atoms with Gasteiger partial charge in [0.1, 0.15) is 5.75 Å². The maximum Gasteiger partial charge on any atom is 0.573 e. The summed E-state index contributed by atoms with van der Waals surface area (Å²) < 4.78 is 47.5. The first kappa shape index (κ1) is 16.5. The zero-order valence-corrected chi connectivity index (χ0v) is 12.5. The van der Waals surface area contributed by atoms with Gasteiger partial charge in [-0.1, -0.05) is 25.1 Å². The highest BCUT2D eigenvalue weighted by Crippen LogP contribution is 2.34. The quantitative estimate of drug-likeness (QED) is 0.901. The van der Waals surface area contributed by atoms with Gasteiger partial charge in [0.2, 0.25) is 0 Å². The van der Waals surface area contributed by atoms with E-state index in [-0.39, 0.29) is 17.9 Å². The van der Waals surface area contributed by atoms with Crippen molar-refractivity contribution in [2.24, 2.45) is 0 Å². The van der Waals surface area contributed by atoms with E-state index in [0.29, 0.717) is 18.7 Å². The molecule has 3 nitrogen and oxygen atoms in total. The van der Waals surface area contributed by atoms with E-state index < -0.39 is 6.36 Å². The molecule has 1 saturated heterocycles. The normalized spacial score (nSPS) is 21.0. The van der Waals surface area contributed by atoms with E-state index in [1.807, 2.05) is 6.92 Å². The van der Waals surface area contributed by atoms with Crippen LogP contribution in [0.1, 0.15) is 18.5 Å². The zero-order valence-electron chi connectivity index (χ0n) is 11.7. The van der Waals surface area contributed by atoms with Crippen LogP contribution in [0.2, 0.25) is 0 Å². The Bertz CT molecular complexity index is 450. The van der Waals surface area contributed by atoms with Gasteiger partial charge in [-0.2, -0.15) is 11.8 Å². The molecule has 7 heteroatoms. The topological polar surface area (TPSA) is 30.5 Å². The molecule has 0 aromatic heterocycles. The SMILES string of the molecule is CCNC(c1ccccc1OC(F)(F)F)C1CSCCO1. The number of ether oxygens (including phenoxy) is 2. The summed E-state index contributed by atoms with van der Waals surface area (Å²) in [6.07, 6.45) is -4.86. The maximum absolute atomic E-state index is 12.5. The lowest BCUT2D eigenvalue weighted by Crippen LogP contribution is -2.38. The number of alkyl halides is 3. The van der Waals surface area contributed by atoms with Gasteiger partial charge >= 0.3 is 6.36 Å². The molecule has 1 aromatic carbocycles. The molecule has 1 N–H and O–H groups in total. The van der Waals surface area contributed by atoms with Crippen molar-refractivity contribution in [3.63, 3.8) is 0 Å². The fraction of sp³-hybridized carbons (Fsp3) is 0.571. The zero-order chi connectivity index (χ0) is 15.3. The molecule has 2 atom stereocenters. The second kappa shape index (κ2) is 7.38. The molecule has 118 valence electrons. The predicted molar refractivity (Wildman–Crippen MR) is 76.6 cm³/mol. The van der Waals surface area contributed by atoms with Gasteiger partial charge in [0.05, 0.1) is 18.8 Å². The third-order valence-electron chi connectivity index (χ3n) is 3.12. The number of para-hydroxylation sites is 1. The van der Waals surface area contributed by atoms with Gasteiger partial charge in [-0.3, -0.25) is 0 Å². The van der Waals surface area contributed by atoms with Crippen molar-refractivity contribution in [1.82, 2.24) is 5.32 Å². The van der Waals surface area contributed by atoms with Crippen LogP contribution < -0.4 is 10.1 Å². The molecule has 0 saturated carbocycles. The van der Waals surface area contributed by atoms with Crippen molar-refractivity contribution in [3.8, 4) is 5.75 Å². The summed E-state index contributed by atoms with van der Waals surface area (Å²) in [6, 6.07) is 5.91. The summed E-state index contributed by atoms with van der Waals surface area (Å²) in [5, 5.41) is 3.21. The summed E-state index contributed by atoms with van der Waals surface area (Å²) in [6.45, 7) is 3.16. The summed E-state index contributed by atoms with van der Waals surface area (Å²) in [5.41, 5.74) is 0.476. The van der Waals surface area contributed by atoms with E-state index in [2.05, 4.69) is 10.1 Å². The largest absolute Gasteiger partial charge is 0.573 e. The molecule has 2 unspecified atom stereocenters. The Morgan fingerprint density at radius 3 is 2.81 bits per heavy atom. The highest BCUT2D eigenvalue weighted by molar-refractivity contribution is 7.99. The molecule has 1 heterocycles.